The van der Waals surface area contributed by atoms with Gasteiger partial charge < -0.3 is 20.1 Å². The molecule has 0 aromatic carbocycles. The first kappa shape index (κ1) is 21.3. The second-order valence-electron chi connectivity index (χ2n) is 9.49. The van der Waals surface area contributed by atoms with E-state index in [-0.39, 0.29) is 29.1 Å². The molecule has 1 aliphatic heterocycles. The normalized spacial score (nSPS) is 29.7. The monoisotopic (exact) mass is 445 g/mol. The third kappa shape index (κ3) is 3.87. The molecule has 1 saturated heterocycles. The molecular weight excluding hydrogens is 416 g/mol. The van der Waals surface area contributed by atoms with E-state index in [4.69, 9.17) is 20.4 Å². The van der Waals surface area contributed by atoms with Crippen molar-refractivity contribution in [1.82, 2.24) is 15.0 Å². The molecule has 2 aliphatic carbocycles. The first-order chi connectivity index (χ1) is 15.3. The highest BCUT2D eigenvalue weighted by Gasteiger charge is 2.48. The first-order valence-electron chi connectivity index (χ1n) is 11.3. The molecule has 2 saturated carbocycles. The predicted molar refractivity (Wildman–Crippen MR) is 117 cm³/mol. The summed E-state index contributed by atoms with van der Waals surface area (Å²) in [5.41, 5.74) is 6.98. The number of nitrogens with zero attached hydrogens (tertiary/aromatic N) is 4. The van der Waals surface area contributed by atoms with Crippen molar-refractivity contribution < 1.29 is 18.3 Å². The SMILES string of the molecule is C[C@H]1CN(c2cc(-c3cnc(N)c(OC(F)F)c3)nc(C34CCC(CC3)C4)n2)[C@@H](C)CO1. The molecule has 9 heteroatoms. The van der Waals surface area contributed by atoms with E-state index in [1.165, 1.54) is 18.9 Å². The maximum absolute atomic E-state index is 12.8. The van der Waals surface area contributed by atoms with Crippen LogP contribution in [0.3, 0.4) is 0 Å². The van der Waals surface area contributed by atoms with Crippen molar-refractivity contribution in [3.8, 4) is 17.0 Å². The molecule has 0 unspecified atom stereocenters. The quantitative estimate of drug-likeness (QED) is 0.739. The molecule has 2 aromatic rings. The molecule has 0 amide bonds. The molecule has 3 fully saturated rings. The first-order valence-corrected chi connectivity index (χ1v) is 11.3. The van der Waals surface area contributed by atoms with Gasteiger partial charge in [0.1, 0.15) is 11.6 Å². The van der Waals surface area contributed by atoms with Crippen molar-refractivity contribution in [2.45, 2.75) is 70.1 Å². The number of fused-ring (bicyclic) bond motifs is 2. The van der Waals surface area contributed by atoms with Crippen molar-refractivity contribution in [3.05, 3.63) is 24.2 Å². The van der Waals surface area contributed by atoms with E-state index in [1.807, 2.05) is 6.07 Å². The molecular formula is C23H29F2N5O2. The van der Waals surface area contributed by atoms with Crippen LogP contribution in [0.1, 0.15) is 51.8 Å². The summed E-state index contributed by atoms with van der Waals surface area (Å²) in [4.78, 5) is 16.3. The van der Waals surface area contributed by atoms with E-state index in [2.05, 4.69) is 28.5 Å². The van der Waals surface area contributed by atoms with E-state index < -0.39 is 6.61 Å². The number of alkyl halides is 2. The number of hydrogen-bond donors (Lipinski definition) is 1. The zero-order valence-corrected chi connectivity index (χ0v) is 18.4. The Hall–Kier alpha value is -2.55. The van der Waals surface area contributed by atoms with E-state index in [1.54, 1.807) is 6.20 Å². The van der Waals surface area contributed by atoms with Crippen LogP contribution in [0.4, 0.5) is 20.4 Å². The second kappa shape index (κ2) is 8.10. The molecule has 7 nitrogen and oxygen atoms in total. The molecule has 3 heterocycles. The van der Waals surface area contributed by atoms with Gasteiger partial charge in [0.15, 0.2) is 11.6 Å². The lowest BCUT2D eigenvalue weighted by Gasteiger charge is -2.38. The highest BCUT2D eigenvalue weighted by Crippen LogP contribution is 2.54. The molecule has 2 bridgehead atoms. The number of rotatable bonds is 5. The Balaban J connectivity index is 1.60. The topological polar surface area (TPSA) is 86.4 Å². The zero-order valence-electron chi connectivity index (χ0n) is 18.4. The summed E-state index contributed by atoms with van der Waals surface area (Å²) >= 11 is 0. The van der Waals surface area contributed by atoms with Gasteiger partial charge in [-0.3, -0.25) is 0 Å². The van der Waals surface area contributed by atoms with Gasteiger partial charge in [0.05, 0.1) is 24.4 Å². The summed E-state index contributed by atoms with van der Waals surface area (Å²) < 4.78 is 36.1. The number of nitrogens with two attached hydrogens (primary N) is 1. The lowest BCUT2D eigenvalue weighted by molar-refractivity contribution is -0.0494. The fourth-order valence-electron chi connectivity index (χ4n) is 5.48. The summed E-state index contributed by atoms with van der Waals surface area (Å²) in [5.74, 6) is 2.21. The van der Waals surface area contributed by atoms with Gasteiger partial charge in [-0.15, -0.1) is 0 Å². The number of hydrogen-bond acceptors (Lipinski definition) is 7. The Bertz CT molecular complexity index is 996. The minimum Gasteiger partial charge on any atom is -0.431 e. The lowest BCUT2D eigenvalue weighted by Crippen LogP contribution is -2.48. The third-order valence-electron chi connectivity index (χ3n) is 7.22. The van der Waals surface area contributed by atoms with Crippen molar-refractivity contribution in [2.75, 3.05) is 23.8 Å². The van der Waals surface area contributed by atoms with Crippen molar-refractivity contribution in [2.24, 2.45) is 5.92 Å². The minimum atomic E-state index is -2.98. The second-order valence-corrected chi connectivity index (χ2v) is 9.49. The van der Waals surface area contributed by atoms with Crippen LogP contribution < -0.4 is 15.4 Å². The zero-order chi connectivity index (χ0) is 22.5. The number of ether oxygens (including phenoxy) is 2. The number of pyridine rings is 1. The van der Waals surface area contributed by atoms with Gasteiger partial charge in [-0.25, -0.2) is 15.0 Å². The predicted octanol–water partition coefficient (Wildman–Crippen LogP) is 4.17. The third-order valence-corrected chi connectivity index (χ3v) is 7.22. The molecule has 32 heavy (non-hydrogen) atoms. The van der Waals surface area contributed by atoms with Crippen LogP contribution in [0, 0.1) is 5.92 Å². The molecule has 5 rings (SSSR count). The van der Waals surface area contributed by atoms with Crippen LogP contribution in [0.15, 0.2) is 18.3 Å². The van der Waals surface area contributed by atoms with Gasteiger partial charge in [0.2, 0.25) is 0 Å². The van der Waals surface area contributed by atoms with Crippen LogP contribution >= 0.6 is 0 Å². The van der Waals surface area contributed by atoms with Crippen LogP contribution in [0.5, 0.6) is 5.75 Å². The van der Waals surface area contributed by atoms with Crippen LogP contribution in [0.2, 0.25) is 0 Å². The standard InChI is InChI=1S/C23H29F2N5O2/c1-13-12-31-14(2)11-30(13)19-8-17(16-7-18(32-22(24)25)20(26)27-10-16)28-21(29-19)23-5-3-15(9-23)4-6-23/h7-8,10,13-15,22H,3-6,9,11-12H2,1-2H3,(H2,26,27)/t13-,14-,15?,23?/m0/s1. The Kier molecular flexibility index (Phi) is 5.39. The Morgan fingerprint density at radius 2 is 2.00 bits per heavy atom. The maximum atomic E-state index is 12.8. The molecule has 0 radical (unpaired) electrons. The largest absolute Gasteiger partial charge is 0.431 e. The Labute approximate surface area is 186 Å². The number of morpholine rings is 1. The molecule has 2 atom stereocenters. The van der Waals surface area contributed by atoms with Gasteiger partial charge in [0.25, 0.3) is 0 Å². The average molecular weight is 446 g/mol. The molecule has 3 aliphatic rings. The smallest absolute Gasteiger partial charge is 0.387 e. The highest BCUT2D eigenvalue weighted by atomic mass is 19.3. The maximum Gasteiger partial charge on any atom is 0.387 e. The average Bonchev–Trinajstić information content (AvgIpc) is 3.39. The van der Waals surface area contributed by atoms with Gasteiger partial charge in [-0.2, -0.15) is 8.78 Å². The summed E-state index contributed by atoms with van der Waals surface area (Å²) in [7, 11) is 0. The van der Waals surface area contributed by atoms with Crippen LogP contribution in [-0.4, -0.2) is 46.9 Å². The Morgan fingerprint density at radius 1 is 1.22 bits per heavy atom. The number of halogens is 2. The van der Waals surface area contributed by atoms with Gasteiger partial charge in [-0.05, 0) is 57.9 Å². The van der Waals surface area contributed by atoms with E-state index in [0.717, 1.165) is 43.4 Å². The minimum absolute atomic E-state index is 0.000106. The van der Waals surface area contributed by atoms with Crippen molar-refractivity contribution in [3.63, 3.8) is 0 Å². The highest BCUT2D eigenvalue weighted by molar-refractivity contribution is 5.67. The van der Waals surface area contributed by atoms with Gasteiger partial charge >= 0.3 is 6.61 Å². The van der Waals surface area contributed by atoms with E-state index >= 15 is 0 Å². The molecule has 2 aromatic heterocycles. The van der Waals surface area contributed by atoms with Crippen LogP contribution in [-0.2, 0) is 10.2 Å². The van der Waals surface area contributed by atoms with Gasteiger partial charge in [0, 0.05) is 29.8 Å². The number of anilines is 2. The van der Waals surface area contributed by atoms with Crippen LogP contribution in [0.25, 0.3) is 11.3 Å². The van der Waals surface area contributed by atoms with E-state index in [0.29, 0.717) is 17.9 Å². The fraction of sp³-hybridized carbons (Fsp3) is 0.609. The van der Waals surface area contributed by atoms with Gasteiger partial charge in [-0.1, -0.05) is 0 Å². The van der Waals surface area contributed by atoms with Crippen molar-refractivity contribution in [1.29, 1.82) is 0 Å². The van der Waals surface area contributed by atoms with Crippen molar-refractivity contribution >= 4 is 11.6 Å². The fourth-order valence-corrected chi connectivity index (χ4v) is 5.48. The lowest BCUT2D eigenvalue weighted by atomic mass is 9.83. The summed E-state index contributed by atoms with van der Waals surface area (Å²) in [6.45, 7) is 2.54. The summed E-state index contributed by atoms with van der Waals surface area (Å²) in [6, 6.07) is 3.57. The van der Waals surface area contributed by atoms with E-state index in [9.17, 15) is 8.78 Å². The summed E-state index contributed by atoms with van der Waals surface area (Å²) in [5, 5.41) is 0. The summed E-state index contributed by atoms with van der Waals surface area (Å²) in [6.07, 6.45) is 7.37. The molecule has 2 N–H and O–H groups in total. The number of aromatic nitrogens is 3. The molecule has 0 spiro atoms. The Morgan fingerprint density at radius 3 is 2.69 bits per heavy atom. The number of nitrogen functional groups attached to an aromatic ring is 1. The molecule has 172 valence electrons.